The fourth-order valence-electron chi connectivity index (χ4n) is 3.54. The van der Waals surface area contributed by atoms with E-state index in [1.165, 1.54) is 10.4 Å². The lowest BCUT2D eigenvalue weighted by atomic mass is 10.2. The third-order valence-electron chi connectivity index (χ3n) is 4.99. The molecule has 0 spiro atoms. The fraction of sp³-hybridized carbons (Fsp3) is 0.667. The van der Waals surface area contributed by atoms with E-state index in [4.69, 9.17) is 9.47 Å². The van der Waals surface area contributed by atoms with E-state index < -0.39 is 10.0 Å². The van der Waals surface area contributed by atoms with Crippen molar-refractivity contribution in [3.63, 3.8) is 0 Å². The molecule has 1 fully saturated rings. The van der Waals surface area contributed by atoms with Crippen LogP contribution in [0.1, 0.15) is 30.6 Å². The Bertz CT molecular complexity index is 790. The van der Waals surface area contributed by atoms with Gasteiger partial charge in [-0.1, -0.05) is 6.07 Å². The van der Waals surface area contributed by atoms with E-state index in [2.05, 4.69) is 4.90 Å². The number of rotatable bonds is 10. The Balaban J connectivity index is 2.21. The molecule has 0 aliphatic carbocycles. The summed E-state index contributed by atoms with van der Waals surface area (Å²) in [5, 5.41) is 0. The first-order chi connectivity index (χ1) is 14.1. The number of ether oxygens (including phenoxy) is 2. The molecule has 1 saturated heterocycles. The van der Waals surface area contributed by atoms with Gasteiger partial charge in [0.25, 0.3) is 5.91 Å². The van der Waals surface area contributed by atoms with Crippen molar-refractivity contribution in [2.75, 3.05) is 60.5 Å². The number of morpholine rings is 1. The first kappa shape index (κ1) is 24.7. The second-order valence-corrected chi connectivity index (χ2v) is 9.99. The normalized spacial score (nSPS) is 20.5. The predicted molar refractivity (Wildman–Crippen MR) is 116 cm³/mol. The molecular formula is C21H35N3O5S. The Morgan fingerprint density at radius 3 is 2.43 bits per heavy atom. The molecule has 0 radical (unpaired) electrons. The molecule has 0 unspecified atom stereocenters. The molecule has 30 heavy (non-hydrogen) atoms. The topological polar surface area (TPSA) is 79.4 Å². The average molecular weight is 442 g/mol. The quantitative estimate of drug-likeness (QED) is 0.548. The van der Waals surface area contributed by atoms with Gasteiger partial charge in [0.15, 0.2) is 0 Å². The Morgan fingerprint density at radius 1 is 1.17 bits per heavy atom. The summed E-state index contributed by atoms with van der Waals surface area (Å²) in [6.07, 6.45) is 0.480. The molecule has 1 aromatic rings. The van der Waals surface area contributed by atoms with E-state index in [0.29, 0.717) is 38.3 Å². The first-order valence-electron chi connectivity index (χ1n) is 10.3. The van der Waals surface area contributed by atoms with Crippen LogP contribution < -0.4 is 0 Å². The highest BCUT2D eigenvalue weighted by Crippen LogP contribution is 2.22. The summed E-state index contributed by atoms with van der Waals surface area (Å²) in [6, 6.07) is 6.32. The van der Waals surface area contributed by atoms with Crippen molar-refractivity contribution in [3.8, 4) is 0 Å². The third kappa shape index (κ3) is 6.75. The molecule has 0 N–H and O–H groups in total. The van der Waals surface area contributed by atoms with Crippen LogP contribution in [0.3, 0.4) is 0 Å². The summed E-state index contributed by atoms with van der Waals surface area (Å²) in [7, 11) is 1.87. The van der Waals surface area contributed by atoms with E-state index >= 15 is 0 Å². The second kappa shape index (κ2) is 11.2. The maximum absolute atomic E-state index is 13.2. The van der Waals surface area contributed by atoms with Crippen molar-refractivity contribution in [1.82, 2.24) is 14.1 Å². The van der Waals surface area contributed by atoms with Gasteiger partial charge in [0.05, 0.1) is 23.7 Å². The third-order valence-corrected chi connectivity index (χ3v) is 6.82. The Morgan fingerprint density at radius 2 is 1.83 bits per heavy atom. The molecule has 8 nitrogen and oxygen atoms in total. The van der Waals surface area contributed by atoms with Crippen LogP contribution in [-0.4, -0.2) is 101 Å². The van der Waals surface area contributed by atoms with Crippen LogP contribution in [0.25, 0.3) is 0 Å². The predicted octanol–water partition coefficient (Wildman–Crippen LogP) is 1.52. The lowest BCUT2D eigenvalue weighted by molar-refractivity contribution is -0.0440. The van der Waals surface area contributed by atoms with Crippen LogP contribution in [0, 0.1) is 0 Å². The highest BCUT2D eigenvalue weighted by Gasteiger charge is 2.32. The minimum absolute atomic E-state index is 0.134. The summed E-state index contributed by atoms with van der Waals surface area (Å²) in [6.45, 7) is 6.64. The number of hydrogen-bond acceptors (Lipinski definition) is 6. The first-order valence-corrected chi connectivity index (χ1v) is 11.8. The van der Waals surface area contributed by atoms with Gasteiger partial charge >= 0.3 is 0 Å². The summed E-state index contributed by atoms with van der Waals surface area (Å²) < 4.78 is 38.6. The molecule has 2 atom stereocenters. The molecule has 1 amide bonds. The van der Waals surface area contributed by atoms with Gasteiger partial charge < -0.3 is 19.3 Å². The van der Waals surface area contributed by atoms with Crippen molar-refractivity contribution in [1.29, 1.82) is 0 Å². The van der Waals surface area contributed by atoms with Gasteiger partial charge in [-0.15, -0.1) is 0 Å². The highest BCUT2D eigenvalue weighted by atomic mass is 32.2. The molecule has 9 heteroatoms. The van der Waals surface area contributed by atoms with Crippen molar-refractivity contribution >= 4 is 15.9 Å². The molecule has 0 saturated carbocycles. The van der Waals surface area contributed by atoms with E-state index in [0.717, 1.165) is 13.0 Å². The zero-order valence-corrected chi connectivity index (χ0v) is 19.5. The molecule has 170 valence electrons. The molecule has 0 bridgehead atoms. The van der Waals surface area contributed by atoms with E-state index in [1.807, 2.05) is 27.9 Å². The second-order valence-electron chi connectivity index (χ2n) is 8.05. The van der Waals surface area contributed by atoms with Gasteiger partial charge in [0.2, 0.25) is 10.0 Å². The summed E-state index contributed by atoms with van der Waals surface area (Å²) in [4.78, 5) is 17.0. The number of carbonyl (C=O) groups excluding carboxylic acids is 1. The number of sulfonamides is 1. The zero-order valence-electron chi connectivity index (χ0n) is 18.7. The van der Waals surface area contributed by atoms with E-state index in [9.17, 15) is 13.2 Å². The largest absolute Gasteiger partial charge is 0.383 e. The maximum Gasteiger partial charge on any atom is 0.253 e. The van der Waals surface area contributed by atoms with Crippen LogP contribution in [-0.2, 0) is 19.5 Å². The Kier molecular flexibility index (Phi) is 9.24. The number of hydrogen-bond donors (Lipinski definition) is 0. The minimum Gasteiger partial charge on any atom is -0.383 e. The van der Waals surface area contributed by atoms with Crippen LogP contribution in [0.4, 0.5) is 0 Å². The molecule has 1 aliphatic rings. The average Bonchev–Trinajstić information content (AvgIpc) is 2.69. The minimum atomic E-state index is -3.70. The number of methoxy groups -OCH3 is 1. The van der Waals surface area contributed by atoms with Crippen LogP contribution >= 0.6 is 0 Å². The smallest absolute Gasteiger partial charge is 0.253 e. The van der Waals surface area contributed by atoms with Crippen LogP contribution in [0.5, 0.6) is 0 Å². The van der Waals surface area contributed by atoms with E-state index in [-0.39, 0.29) is 23.0 Å². The van der Waals surface area contributed by atoms with Gasteiger partial charge in [0, 0.05) is 38.9 Å². The molecule has 2 rings (SSSR count). The molecular weight excluding hydrogens is 406 g/mol. The maximum atomic E-state index is 13.2. The van der Waals surface area contributed by atoms with Crippen molar-refractivity contribution in [3.05, 3.63) is 29.8 Å². The van der Waals surface area contributed by atoms with Gasteiger partial charge in [-0.3, -0.25) is 4.79 Å². The standard InChI is InChI=1S/C21H35N3O5S/c1-17-15-24(16-18(2)29-17)30(26,27)20-9-6-8-19(14-20)21(25)23(12-13-28-5)11-7-10-22(3)4/h6,8-9,14,17-18H,7,10-13,15-16H2,1-5H3/t17-,18-/m0/s1. The zero-order chi connectivity index (χ0) is 22.3. The van der Waals surface area contributed by atoms with Gasteiger partial charge in [-0.25, -0.2) is 8.42 Å². The van der Waals surface area contributed by atoms with Gasteiger partial charge in [-0.2, -0.15) is 4.31 Å². The molecule has 1 aromatic carbocycles. The van der Waals surface area contributed by atoms with Crippen molar-refractivity contribution in [2.45, 2.75) is 37.4 Å². The van der Waals surface area contributed by atoms with Crippen molar-refractivity contribution in [2.24, 2.45) is 0 Å². The lowest BCUT2D eigenvalue weighted by Crippen LogP contribution is -2.48. The van der Waals surface area contributed by atoms with Crippen LogP contribution in [0.15, 0.2) is 29.2 Å². The number of benzene rings is 1. The summed E-state index contributed by atoms with van der Waals surface area (Å²) in [5.74, 6) is -0.188. The summed E-state index contributed by atoms with van der Waals surface area (Å²) >= 11 is 0. The molecule has 0 aromatic heterocycles. The fourth-order valence-corrected chi connectivity index (χ4v) is 5.18. The number of nitrogens with zero attached hydrogens (tertiary/aromatic N) is 3. The Labute approximate surface area is 180 Å². The van der Waals surface area contributed by atoms with Gasteiger partial charge in [-0.05, 0) is 59.1 Å². The van der Waals surface area contributed by atoms with E-state index in [1.54, 1.807) is 30.2 Å². The van der Waals surface area contributed by atoms with Crippen molar-refractivity contribution < 1.29 is 22.7 Å². The molecule has 1 aliphatic heterocycles. The number of amides is 1. The SMILES string of the molecule is COCCN(CCCN(C)C)C(=O)c1cccc(S(=O)(=O)N2C[C@H](C)O[C@@H](C)C2)c1. The van der Waals surface area contributed by atoms with Crippen LogP contribution in [0.2, 0.25) is 0 Å². The van der Waals surface area contributed by atoms with Gasteiger partial charge in [0.1, 0.15) is 0 Å². The Hall–Kier alpha value is -1.52. The lowest BCUT2D eigenvalue weighted by Gasteiger charge is -2.34. The summed E-state index contributed by atoms with van der Waals surface area (Å²) in [5.41, 5.74) is 0.367. The highest BCUT2D eigenvalue weighted by molar-refractivity contribution is 7.89. The molecule has 1 heterocycles. The monoisotopic (exact) mass is 441 g/mol. The number of carbonyl (C=O) groups is 1.